The Labute approximate surface area is 113 Å². The van der Waals surface area contributed by atoms with Crippen LogP contribution in [-0.2, 0) is 4.74 Å². The summed E-state index contributed by atoms with van der Waals surface area (Å²) in [7, 11) is 0. The summed E-state index contributed by atoms with van der Waals surface area (Å²) in [6.07, 6.45) is 3.65. The molecule has 0 amide bonds. The highest BCUT2D eigenvalue weighted by atomic mass is 32.1. The summed E-state index contributed by atoms with van der Waals surface area (Å²) in [6.45, 7) is 2.24. The zero-order valence-corrected chi connectivity index (χ0v) is 11.1. The Morgan fingerprint density at radius 1 is 1.58 bits per heavy atom. The van der Waals surface area contributed by atoms with Crippen LogP contribution in [0, 0.1) is 16.0 Å². The molecule has 1 aliphatic heterocycles. The summed E-state index contributed by atoms with van der Waals surface area (Å²) in [5.41, 5.74) is 0. The zero-order chi connectivity index (χ0) is 13.2. The second-order valence-electron chi connectivity index (χ2n) is 4.53. The van der Waals surface area contributed by atoms with Crippen LogP contribution in [0.2, 0.25) is 0 Å². The molecule has 3 rings (SSSR count). The van der Waals surface area contributed by atoms with Gasteiger partial charge in [0.1, 0.15) is 6.20 Å². The molecule has 0 aromatic carbocycles. The fourth-order valence-corrected chi connectivity index (χ4v) is 2.97. The van der Waals surface area contributed by atoms with Crippen molar-refractivity contribution in [2.75, 3.05) is 25.1 Å². The first-order chi connectivity index (χ1) is 9.25. The van der Waals surface area contributed by atoms with Crippen molar-refractivity contribution in [2.24, 2.45) is 5.92 Å². The number of nitrogens with one attached hydrogen (secondary N) is 1. The molecule has 2 aromatic heterocycles. The molecule has 0 spiro atoms. The molecule has 19 heavy (non-hydrogen) atoms. The average molecular weight is 282 g/mol. The van der Waals surface area contributed by atoms with Crippen LogP contribution in [0.25, 0.3) is 4.96 Å². The highest BCUT2D eigenvalue weighted by Gasteiger charge is 2.24. The Morgan fingerprint density at radius 3 is 3.11 bits per heavy atom. The SMILES string of the molecule is O=[N+]([O-])c1c(NCC2CCOCC2)nc2sccn12. The third-order valence-electron chi connectivity index (χ3n) is 3.31. The van der Waals surface area contributed by atoms with Gasteiger partial charge in [-0.1, -0.05) is 11.3 Å². The number of nitrogens with zero attached hydrogens (tertiary/aromatic N) is 3. The molecular weight excluding hydrogens is 268 g/mol. The topological polar surface area (TPSA) is 81.7 Å². The highest BCUT2D eigenvalue weighted by molar-refractivity contribution is 7.15. The number of anilines is 1. The second-order valence-corrected chi connectivity index (χ2v) is 5.41. The van der Waals surface area contributed by atoms with E-state index in [1.807, 2.05) is 0 Å². The Balaban J connectivity index is 1.77. The summed E-state index contributed by atoms with van der Waals surface area (Å²) in [6, 6.07) is 0. The van der Waals surface area contributed by atoms with Crippen molar-refractivity contribution in [3.05, 3.63) is 21.7 Å². The van der Waals surface area contributed by atoms with Crippen molar-refractivity contribution in [1.29, 1.82) is 0 Å². The molecular formula is C11H14N4O3S. The molecule has 0 bridgehead atoms. The minimum atomic E-state index is -0.390. The van der Waals surface area contributed by atoms with E-state index in [-0.39, 0.29) is 10.7 Å². The zero-order valence-electron chi connectivity index (χ0n) is 10.2. The van der Waals surface area contributed by atoms with Crippen LogP contribution in [0.3, 0.4) is 0 Å². The molecule has 102 valence electrons. The van der Waals surface area contributed by atoms with Gasteiger partial charge in [-0.25, -0.2) is 0 Å². The lowest BCUT2D eigenvalue weighted by Gasteiger charge is -2.21. The van der Waals surface area contributed by atoms with E-state index in [1.54, 1.807) is 11.6 Å². The smallest absolute Gasteiger partial charge is 0.372 e. The maximum atomic E-state index is 11.1. The molecule has 0 radical (unpaired) electrons. The van der Waals surface area contributed by atoms with E-state index in [9.17, 15) is 10.1 Å². The fraction of sp³-hybridized carbons (Fsp3) is 0.545. The lowest BCUT2D eigenvalue weighted by atomic mass is 10.0. The molecule has 8 heteroatoms. The molecule has 0 unspecified atom stereocenters. The van der Waals surface area contributed by atoms with Crippen molar-refractivity contribution in [3.8, 4) is 0 Å². The lowest BCUT2D eigenvalue weighted by Crippen LogP contribution is -2.23. The summed E-state index contributed by atoms with van der Waals surface area (Å²) in [4.78, 5) is 15.7. The summed E-state index contributed by atoms with van der Waals surface area (Å²) in [5, 5.41) is 16.0. The molecule has 7 nitrogen and oxygen atoms in total. The van der Waals surface area contributed by atoms with Crippen molar-refractivity contribution in [1.82, 2.24) is 9.38 Å². The Kier molecular flexibility index (Phi) is 3.34. The number of imidazole rings is 1. The molecule has 0 atom stereocenters. The van der Waals surface area contributed by atoms with Crippen LogP contribution in [0.1, 0.15) is 12.8 Å². The molecule has 2 aromatic rings. The standard InChI is InChI=1S/C11H14N4O3S/c16-15(17)10-9(13-11-14(10)3-6-19-11)12-7-8-1-4-18-5-2-8/h3,6,8,12H,1-2,4-5,7H2. The van der Waals surface area contributed by atoms with Crippen LogP contribution in [0.4, 0.5) is 11.6 Å². The van der Waals surface area contributed by atoms with E-state index in [2.05, 4.69) is 10.3 Å². The van der Waals surface area contributed by atoms with Crippen LogP contribution < -0.4 is 5.32 Å². The Hall–Kier alpha value is -1.67. The first-order valence-corrected chi connectivity index (χ1v) is 7.05. The average Bonchev–Trinajstić information content (AvgIpc) is 2.96. The number of rotatable bonds is 4. The lowest BCUT2D eigenvalue weighted by molar-refractivity contribution is -0.389. The quantitative estimate of drug-likeness (QED) is 0.686. The number of ether oxygens (including phenoxy) is 1. The summed E-state index contributed by atoms with van der Waals surface area (Å²) >= 11 is 1.39. The van der Waals surface area contributed by atoms with Gasteiger partial charge in [-0.2, -0.15) is 9.38 Å². The fourth-order valence-electron chi connectivity index (χ4n) is 2.26. The maximum Gasteiger partial charge on any atom is 0.372 e. The van der Waals surface area contributed by atoms with Crippen LogP contribution in [0.15, 0.2) is 11.6 Å². The molecule has 1 saturated heterocycles. The van der Waals surface area contributed by atoms with Gasteiger partial charge in [-0.3, -0.25) is 0 Å². The highest BCUT2D eigenvalue weighted by Crippen LogP contribution is 2.28. The monoisotopic (exact) mass is 282 g/mol. The number of hydrogen-bond acceptors (Lipinski definition) is 6. The predicted molar refractivity (Wildman–Crippen MR) is 71.8 cm³/mol. The number of fused-ring (bicyclic) bond motifs is 1. The Morgan fingerprint density at radius 2 is 2.37 bits per heavy atom. The molecule has 3 heterocycles. The first kappa shape index (κ1) is 12.4. The molecule has 1 fully saturated rings. The van der Waals surface area contributed by atoms with Crippen molar-refractivity contribution in [3.63, 3.8) is 0 Å². The molecule has 0 aliphatic carbocycles. The van der Waals surface area contributed by atoms with E-state index in [1.165, 1.54) is 15.7 Å². The third kappa shape index (κ3) is 2.41. The van der Waals surface area contributed by atoms with Crippen LogP contribution >= 0.6 is 11.3 Å². The molecule has 1 N–H and O–H groups in total. The minimum absolute atomic E-state index is 0.0170. The van der Waals surface area contributed by atoms with Crippen molar-refractivity contribution >= 4 is 27.9 Å². The van der Waals surface area contributed by atoms with E-state index in [4.69, 9.17) is 4.74 Å². The van der Waals surface area contributed by atoms with E-state index >= 15 is 0 Å². The van der Waals surface area contributed by atoms with Crippen LogP contribution in [0.5, 0.6) is 0 Å². The normalized spacial score (nSPS) is 16.8. The van der Waals surface area contributed by atoms with Crippen molar-refractivity contribution in [2.45, 2.75) is 12.8 Å². The van der Waals surface area contributed by atoms with Gasteiger partial charge in [0.25, 0.3) is 4.96 Å². The summed E-state index contributed by atoms with van der Waals surface area (Å²) < 4.78 is 6.81. The van der Waals surface area contributed by atoms with E-state index in [0.29, 0.717) is 23.2 Å². The molecule has 1 aliphatic rings. The van der Waals surface area contributed by atoms with Gasteiger partial charge in [0, 0.05) is 25.1 Å². The number of hydrogen-bond donors (Lipinski definition) is 1. The Bertz CT molecular complexity index is 588. The van der Waals surface area contributed by atoms with E-state index < -0.39 is 0 Å². The first-order valence-electron chi connectivity index (χ1n) is 6.17. The summed E-state index contributed by atoms with van der Waals surface area (Å²) in [5.74, 6) is 0.875. The van der Waals surface area contributed by atoms with Gasteiger partial charge in [-0.15, -0.1) is 0 Å². The second kappa shape index (κ2) is 5.14. The van der Waals surface area contributed by atoms with Crippen LogP contribution in [-0.4, -0.2) is 34.1 Å². The number of aromatic nitrogens is 2. The van der Waals surface area contributed by atoms with Gasteiger partial charge in [0.15, 0.2) is 0 Å². The molecule has 0 saturated carbocycles. The predicted octanol–water partition coefficient (Wildman–Crippen LogP) is 2.14. The van der Waals surface area contributed by atoms with Gasteiger partial charge in [-0.05, 0) is 23.7 Å². The number of nitro groups is 1. The van der Waals surface area contributed by atoms with Gasteiger partial charge < -0.3 is 20.2 Å². The number of thiazole rings is 1. The minimum Gasteiger partial charge on any atom is -0.381 e. The van der Waals surface area contributed by atoms with Gasteiger partial charge >= 0.3 is 5.82 Å². The largest absolute Gasteiger partial charge is 0.381 e. The maximum absolute atomic E-state index is 11.1. The van der Waals surface area contributed by atoms with Gasteiger partial charge in [0.05, 0.1) is 0 Å². The van der Waals surface area contributed by atoms with Crippen molar-refractivity contribution < 1.29 is 9.66 Å². The third-order valence-corrected chi connectivity index (χ3v) is 4.07. The van der Waals surface area contributed by atoms with E-state index in [0.717, 1.165) is 26.1 Å². The van der Waals surface area contributed by atoms with Gasteiger partial charge in [0.2, 0.25) is 5.82 Å².